The summed E-state index contributed by atoms with van der Waals surface area (Å²) in [4.78, 5) is 0. The molecular formula is C14H20F3NO2S. The quantitative estimate of drug-likeness (QED) is 0.738. The molecule has 0 heterocycles. The Morgan fingerprint density at radius 3 is 2.57 bits per heavy atom. The maximum atomic E-state index is 12.0. The van der Waals surface area contributed by atoms with Crippen LogP contribution in [0.25, 0.3) is 0 Å². The summed E-state index contributed by atoms with van der Waals surface area (Å²) < 4.78 is 46.4. The SMILES string of the molecule is COCc1cc(C(C)NCCSC(F)(F)F)ccc1OC. The van der Waals surface area contributed by atoms with Crippen molar-refractivity contribution in [1.82, 2.24) is 5.32 Å². The Bertz CT molecular complexity index is 441. The lowest BCUT2D eigenvalue weighted by molar-refractivity contribution is -0.0327. The average Bonchev–Trinajstić information content (AvgIpc) is 2.42. The molecule has 0 aliphatic carbocycles. The number of thioether (sulfide) groups is 1. The monoisotopic (exact) mass is 323 g/mol. The lowest BCUT2D eigenvalue weighted by atomic mass is 10.0. The van der Waals surface area contributed by atoms with Crippen molar-refractivity contribution < 1.29 is 22.6 Å². The van der Waals surface area contributed by atoms with Gasteiger partial charge in [0.25, 0.3) is 0 Å². The van der Waals surface area contributed by atoms with E-state index in [9.17, 15) is 13.2 Å². The van der Waals surface area contributed by atoms with Crippen molar-refractivity contribution in [2.24, 2.45) is 0 Å². The van der Waals surface area contributed by atoms with Gasteiger partial charge in [-0.1, -0.05) is 6.07 Å². The molecule has 0 bridgehead atoms. The molecule has 0 amide bonds. The zero-order valence-corrected chi connectivity index (χ0v) is 13.1. The highest BCUT2D eigenvalue weighted by atomic mass is 32.2. The molecule has 3 nitrogen and oxygen atoms in total. The smallest absolute Gasteiger partial charge is 0.441 e. The van der Waals surface area contributed by atoms with Gasteiger partial charge >= 0.3 is 5.51 Å². The first-order chi connectivity index (χ1) is 9.87. The van der Waals surface area contributed by atoms with Crippen LogP contribution in [0.4, 0.5) is 13.2 Å². The molecule has 0 aliphatic rings. The summed E-state index contributed by atoms with van der Waals surface area (Å²) in [6.45, 7) is 2.63. The summed E-state index contributed by atoms with van der Waals surface area (Å²) in [6.07, 6.45) is 0. The van der Waals surface area contributed by atoms with Crippen LogP contribution in [0.15, 0.2) is 18.2 Å². The van der Waals surface area contributed by atoms with Gasteiger partial charge in [-0.2, -0.15) is 13.2 Å². The van der Waals surface area contributed by atoms with E-state index in [0.29, 0.717) is 6.61 Å². The van der Waals surface area contributed by atoms with Crippen LogP contribution in [-0.4, -0.2) is 32.0 Å². The molecular weight excluding hydrogens is 303 g/mol. The molecule has 0 aromatic heterocycles. The first-order valence-electron chi connectivity index (χ1n) is 6.47. The number of hydrogen-bond acceptors (Lipinski definition) is 4. The molecule has 0 saturated heterocycles. The summed E-state index contributed by atoms with van der Waals surface area (Å²) in [5.41, 5.74) is -2.27. The number of hydrogen-bond donors (Lipinski definition) is 1. The number of methoxy groups -OCH3 is 2. The maximum absolute atomic E-state index is 12.0. The Morgan fingerprint density at radius 2 is 2.00 bits per heavy atom. The molecule has 0 fully saturated rings. The fraction of sp³-hybridized carbons (Fsp3) is 0.571. The van der Waals surface area contributed by atoms with Gasteiger partial charge in [-0.3, -0.25) is 0 Å². The number of nitrogens with one attached hydrogen (secondary N) is 1. The molecule has 1 aromatic rings. The van der Waals surface area contributed by atoms with Crippen molar-refractivity contribution in [2.75, 3.05) is 26.5 Å². The van der Waals surface area contributed by atoms with Crippen LogP contribution in [0.3, 0.4) is 0 Å². The minimum atomic E-state index is -4.17. The van der Waals surface area contributed by atoms with Gasteiger partial charge in [0.2, 0.25) is 0 Å². The molecule has 1 rings (SSSR count). The third-order valence-electron chi connectivity index (χ3n) is 2.92. The Kier molecular flexibility index (Phi) is 7.34. The van der Waals surface area contributed by atoms with Crippen molar-refractivity contribution in [1.29, 1.82) is 0 Å². The van der Waals surface area contributed by atoms with Gasteiger partial charge in [0.15, 0.2) is 0 Å². The Hall–Kier alpha value is -0.920. The molecule has 0 spiro atoms. The zero-order chi connectivity index (χ0) is 15.9. The second-order valence-corrected chi connectivity index (χ2v) is 5.63. The van der Waals surface area contributed by atoms with Gasteiger partial charge in [0.1, 0.15) is 5.75 Å². The minimum absolute atomic E-state index is 0.00504. The van der Waals surface area contributed by atoms with Crippen LogP contribution in [0.2, 0.25) is 0 Å². The van der Waals surface area contributed by atoms with Gasteiger partial charge in [0, 0.05) is 31.0 Å². The van der Waals surface area contributed by atoms with Crippen molar-refractivity contribution in [3.63, 3.8) is 0 Å². The largest absolute Gasteiger partial charge is 0.496 e. The van der Waals surface area contributed by atoms with Gasteiger partial charge in [-0.25, -0.2) is 0 Å². The molecule has 1 N–H and O–H groups in total. The number of alkyl halides is 3. The van der Waals surface area contributed by atoms with Crippen LogP contribution in [-0.2, 0) is 11.3 Å². The molecule has 0 saturated carbocycles. The van der Waals surface area contributed by atoms with E-state index in [4.69, 9.17) is 9.47 Å². The predicted octanol–water partition coefficient (Wildman–Crippen LogP) is 3.75. The topological polar surface area (TPSA) is 30.5 Å². The highest BCUT2D eigenvalue weighted by molar-refractivity contribution is 8.00. The summed E-state index contributed by atoms with van der Waals surface area (Å²) in [5, 5.41) is 3.08. The van der Waals surface area contributed by atoms with E-state index < -0.39 is 5.51 Å². The van der Waals surface area contributed by atoms with Crippen molar-refractivity contribution in [2.45, 2.75) is 25.1 Å². The Morgan fingerprint density at radius 1 is 1.29 bits per heavy atom. The van der Waals surface area contributed by atoms with Gasteiger partial charge in [-0.15, -0.1) is 0 Å². The van der Waals surface area contributed by atoms with E-state index in [-0.39, 0.29) is 30.1 Å². The zero-order valence-electron chi connectivity index (χ0n) is 12.3. The van der Waals surface area contributed by atoms with E-state index in [1.54, 1.807) is 14.2 Å². The van der Waals surface area contributed by atoms with Crippen molar-refractivity contribution in [3.05, 3.63) is 29.3 Å². The van der Waals surface area contributed by atoms with E-state index in [1.165, 1.54) is 0 Å². The molecule has 1 unspecified atom stereocenters. The lowest BCUT2D eigenvalue weighted by Crippen LogP contribution is -2.22. The first-order valence-corrected chi connectivity index (χ1v) is 7.45. The fourth-order valence-corrected chi connectivity index (χ4v) is 2.35. The van der Waals surface area contributed by atoms with Gasteiger partial charge < -0.3 is 14.8 Å². The molecule has 120 valence electrons. The van der Waals surface area contributed by atoms with Crippen LogP contribution in [0, 0.1) is 0 Å². The van der Waals surface area contributed by atoms with Crippen LogP contribution in [0.5, 0.6) is 5.75 Å². The maximum Gasteiger partial charge on any atom is 0.441 e. The number of halogens is 3. The molecule has 1 aromatic carbocycles. The van der Waals surface area contributed by atoms with E-state index in [2.05, 4.69) is 5.32 Å². The van der Waals surface area contributed by atoms with Gasteiger partial charge in [-0.05, 0) is 36.4 Å². The first kappa shape index (κ1) is 18.1. The highest BCUT2D eigenvalue weighted by Gasteiger charge is 2.27. The summed E-state index contributed by atoms with van der Waals surface area (Å²) in [7, 11) is 3.19. The van der Waals surface area contributed by atoms with Crippen molar-refractivity contribution >= 4 is 11.8 Å². The predicted molar refractivity (Wildman–Crippen MR) is 78.6 cm³/mol. The molecule has 0 aliphatic heterocycles. The van der Waals surface area contributed by atoms with E-state index in [0.717, 1.165) is 16.9 Å². The van der Waals surface area contributed by atoms with Crippen LogP contribution >= 0.6 is 11.8 Å². The summed E-state index contributed by atoms with van der Waals surface area (Å²) in [5.74, 6) is 0.731. The molecule has 1 atom stereocenters. The van der Waals surface area contributed by atoms with E-state index >= 15 is 0 Å². The van der Waals surface area contributed by atoms with Crippen LogP contribution < -0.4 is 10.1 Å². The Balaban J connectivity index is 2.57. The average molecular weight is 323 g/mol. The molecule has 0 radical (unpaired) electrons. The highest BCUT2D eigenvalue weighted by Crippen LogP contribution is 2.29. The standard InChI is InChI=1S/C14H20F3NO2S/c1-10(18-6-7-21-14(15,16)17)11-4-5-13(20-3)12(8-11)9-19-2/h4-5,8,10,18H,6-7,9H2,1-3H3. The van der Waals surface area contributed by atoms with Crippen molar-refractivity contribution in [3.8, 4) is 5.75 Å². The normalized spacial score (nSPS) is 13.2. The number of rotatable bonds is 8. The second kappa shape index (κ2) is 8.51. The Labute approximate surface area is 127 Å². The summed E-state index contributed by atoms with van der Waals surface area (Å²) >= 11 is -0.0144. The summed E-state index contributed by atoms with van der Waals surface area (Å²) in [6, 6.07) is 5.64. The van der Waals surface area contributed by atoms with E-state index in [1.807, 2.05) is 25.1 Å². The third-order valence-corrected chi connectivity index (χ3v) is 3.66. The number of benzene rings is 1. The van der Waals surface area contributed by atoms with Gasteiger partial charge in [0.05, 0.1) is 13.7 Å². The molecule has 7 heteroatoms. The minimum Gasteiger partial charge on any atom is -0.496 e. The third kappa shape index (κ3) is 6.58. The fourth-order valence-electron chi connectivity index (χ4n) is 1.90. The second-order valence-electron chi connectivity index (χ2n) is 4.47. The molecule has 21 heavy (non-hydrogen) atoms. The lowest BCUT2D eigenvalue weighted by Gasteiger charge is -2.17. The number of ether oxygens (including phenoxy) is 2. The van der Waals surface area contributed by atoms with Crippen LogP contribution in [0.1, 0.15) is 24.1 Å².